The third kappa shape index (κ3) is 6.42. The van der Waals surface area contributed by atoms with E-state index >= 15 is 0 Å². The zero-order valence-corrected chi connectivity index (χ0v) is 16.0. The molecule has 0 aliphatic carbocycles. The number of aliphatic hydroxyl groups is 1. The summed E-state index contributed by atoms with van der Waals surface area (Å²) < 4.78 is 10.7. The molecule has 7 heteroatoms. The van der Waals surface area contributed by atoms with Crippen molar-refractivity contribution in [1.82, 2.24) is 10.6 Å². The number of nitrogens with zero attached hydrogens (tertiary/aromatic N) is 1. The predicted octanol–water partition coefficient (Wildman–Crippen LogP) is 1.76. The number of guanidine groups is 1. The van der Waals surface area contributed by atoms with Crippen molar-refractivity contribution in [3.05, 3.63) is 23.8 Å². The molecule has 2 rings (SSSR count). The van der Waals surface area contributed by atoms with E-state index in [4.69, 9.17) is 14.6 Å². The molecule has 0 spiro atoms. The fraction of sp³-hybridized carbons (Fsp3) is 0.562. The summed E-state index contributed by atoms with van der Waals surface area (Å²) in [6.07, 6.45) is 0.872. The Morgan fingerprint density at radius 3 is 2.83 bits per heavy atom. The average molecular weight is 435 g/mol. The van der Waals surface area contributed by atoms with E-state index < -0.39 is 0 Å². The van der Waals surface area contributed by atoms with Crippen LogP contribution in [0.3, 0.4) is 0 Å². The lowest BCUT2D eigenvalue weighted by Gasteiger charge is -2.12. The number of hydrogen-bond acceptors (Lipinski definition) is 4. The van der Waals surface area contributed by atoms with Gasteiger partial charge in [-0.25, -0.2) is 0 Å². The maximum atomic E-state index is 9.05. The first-order valence-electron chi connectivity index (χ1n) is 7.74. The van der Waals surface area contributed by atoms with E-state index in [1.165, 1.54) is 5.56 Å². The van der Waals surface area contributed by atoms with E-state index in [-0.39, 0.29) is 36.5 Å². The number of halogens is 1. The van der Waals surface area contributed by atoms with Crippen molar-refractivity contribution in [2.45, 2.75) is 20.3 Å². The summed E-state index contributed by atoms with van der Waals surface area (Å²) in [5.74, 6) is 2.58. The normalized spacial score (nSPS) is 14.1. The van der Waals surface area contributed by atoms with Gasteiger partial charge in [-0.05, 0) is 37.0 Å². The topological polar surface area (TPSA) is 75.1 Å². The lowest BCUT2D eigenvalue weighted by atomic mass is 10.1. The van der Waals surface area contributed by atoms with Gasteiger partial charge >= 0.3 is 0 Å². The number of benzene rings is 1. The second kappa shape index (κ2) is 10.5. The first kappa shape index (κ1) is 19.8. The molecule has 0 amide bonds. The first-order chi connectivity index (χ1) is 10.7. The highest BCUT2D eigenvalue weighted by molar-refractivity contribution is 14.0. The minimum Gasteiger partial charge on any atom is -0.454 e. The van der Waals surface area contributed by atoms with E-state index in [1.54, 1.807) is 0 Å². The van der Waals surface area contributed by atoms with Gasteiger partial charge in [0, 0.05) is 26.2 Å². The Morgan fingerprint density at radius 1 is 1.30 bits per heavy atom. The van der Waals surface area contributed by atoms with E-state index in [1.807, 2.05) is 32.0 Å². The number of fused-ring (bicyclic) bond motifs is 1. The largest absolute Gasteiger partial charge is 0.454 e. The van der Waals surface area contributed by atoms with E-state index in [2.05, 4.69) is 15.6 Å². The molecule has 130 valence electrons. The molecule has 1 heterocycles. The average Bonchev–Trinajstić information content (AvgIpc) is 2.99. The summed E-state index contributed by atoms with van der Waals surface area (Å²) in [7, 11) is 0. The van der Waals surface area contributed by atoms with E-state index in [9.17, 15) is 0 Å². The van der Waals surface area contributed by atoms with Crippen LogP contribution in [0.5, 0.6) is 11.5 Å². The van der Waals surface area contributed by atoms with E-state index in [0.29, 0.717) is 13.3 Å². The summed E-state index contributed by atoms with van der Waals surface area (Å²) in [5, 5.41) is 15.6. The van der Waals surface area contributed by atoms with Gasteiger partial charge in [-0.15, -0.1) is 24.0 Å². The lowest BCUT2D eigenvalue weighted by molar-refractivity contribution is 0.174. The number of ether oxygens (including phenoxy) is 2. The van der Waals surface area contributed by atoms with Crippen molar-refractivity contribution in [2.75, 3.05) is 33.0 Å². The Morgan fingerprint density at radius 2 is 2.09 bits per heavy atom. The number of hydrogen-bond donors (Lipinski definition) is 3. The van der Waals surface area contributed by atoms with Gasteiger partial charge in [0.15, 0.2) is 17.5 Å². The Labute approximate surface area is 154 Å². The minimum absolute atomic E-state index is 0. The van der Waals surface area contributed by atoms with Crippen LogP contribution in [-0.4, -0.2) is 44.1 Å². The van der Waals surface area contributed by atoms with Crippen LogP contribution in [0.1, 0.15) is 19.4 Å². The van der Waals surface area contributed by atoms with Gasteiger partial charge in [-0.2, -0.15) is 0 Å². The second-order valence-electron chi connectivity index (χ2n) is 5.37. The zero-order chi connectivity index (χ0) is 15.8. The van der Waals surface area contributed by atoms with Crippen molar-refractivity contribution in [1.29, 1.82) is 0 Å². The Hall–Kier alpha value is -1.22. The molecule has 1 aromatic rings. The number of aliphatic hydroxyl groups excluding tert-OH is 1. The first-order valence-corrected chi connectivity index (χ1v) is 7.74. The standard InChI is InChI=1S/C16H25N3O3.HI/c1-3-17-16(19-9-12(2)10-20)18-7-6-13-4-5-14-15(8-13)22-11-21-14;/h4-5,8,12,20H,3,6-7,9-11H2,1-2H3,(H2,17,18,19);1H. The van der Waals surface area contributed by atoms with Crippen LogP contribution in [0.25, 0.3) is 0 Å². The fourth-order valence-electron chi connectivity index (χ4n) is 2.07. The Balaban J connectivity index is 0.00000264. The van der Waals surface area contributed by atoms with Gasteiger partial charge in [0.1, 0.15) is 0 Å². The molecule has 0 saturated heterocycles. The molecule has 1 aromatic carbocycles. The summed E-state index contributed by atoms with van der Waals surface area (Å²) in [6, 6.07) is 6.01. The van der Waals surface area contributed by atoms with Crippen molar-refractivity contribution in [2.24, 2.45) is 10.9 Å². The molecule has 0 saturated carbocycles. The summed E-state index contributed by atoms with van der Waals surface area (Å²) in [5.41, 5.74) is 1.19. The Kier molecular flexibility index (Phi) is 9.08. The lowest BCUT2D eigenvalue weighted by Crippen LogP contribution is -2.38. The minimum atomic E-state index is 0. The number of rotatable bonds is 7. The predicted molar refractivity (Wildman–Crippen MR) is 102 cm³/mol. The van der Waals surface area contributed by atoms with Gasteiger partial charge in [-0.3, -0.25) is 4.99 Å². The molecular formula is C16H26IN3O3. The fourth-order valence-corrected chi connectivity index (χ4v) is 2.07. The van der Waals surface area contributed by atoms with E-state index in [0.717, 1.165) is 37.0 Å². The maximum absolute atomic E-state index is 9.05. The van der Waals surface area contributed by atoms with Gasteiger partial charge in [0.2, 0.25) is 6.79 Å². The molecule has 0 bridgehead atoms. The van der Waals surface area contributed by atoms with Crippen LogP contribution in [0.2, 0.25) is 0 Å². The van der Waals surface area contributed by atoms with Crippen molar-refractivity contribution >= 4 is 29.9 Å². The number of aliphatic imine (C=N–C) groups is 1. The molecule has 0 radical (unpaired) electrons. The molecule has 1 unspecified atom stereocenters. The van der Waals surface area contributed by atoms with Crippen LogP contribution >= 0.6 is 24.0 Å². The SMILES string of the molecule is CCNC(=NCC(C)CO)NCCc1ccc2c(c1)OCO2.I. The maximum Gasteiger partial charge on any atom is 0.231 e. The van der Waals surface area contributed by atoms with Crippen molar-refractivity contribution in [3.63, 3.8) is 0 Å². The summed E-state index contributed by atoms with van der Waals surface area (Å²) in [4.78, 5) is 4.46. The zero-order valence-electron chi connectivity index (χ0n) is 13.7. The molecule has 23 heavy (non-hydrogen) atoms. The quantitative estimate of drug-likeness (QED) is 0.346. The van der Waals surface area contributed by atoms with Gasteiger partial charge < -0.3 is 25.2 Å². The van der Waals surface area contributed by atoms with Crippen LogP contribution in [0.15, 0.2) is 23.2 Å². The molecule has 6 nitrogen and oxygen atoms in total. The third-order valence-corrected chi connectivity index (χ3v) is 3.36. The molecule has 1 aliphatic rings. The van der Waals surface area contributed by atoms with Crippen LogP contribution in [0.4, 0.5) is 0 Å². The highest BCUT2D eigenvalue weighted by atomic mass is 127. The Bertz CT molecular complexity index is 511. The van der Waals surface area contributed by atoms with Crippen molar-refractivity contribution < 1.29 is 14.6 Å². The summed E-state index contributed by atoms with van der Waals surface area (Å²) in [6.45, 7) is 6.65. The molecule has 3 N–H and O–H groups in total. The molecule has 0 fully saturated rings. The molecular weight excluding hydrogens is 409 g/mol. The van der Waals surface area contributed by atoms with Gasteiger partial charge in [0.05, 0.1) is 0 Å². The molecule has 1 aliphatic heterocycles. The monoisotopic (exact) mass is 435 g/mol. The van der Waals surface area contributed by atoms with Crippen LogP contribution in [-0.2, 0) is 6.42 Å². The second-order valence-corrected chi connectivity index (χ2v) is 5.37. The smallest absolute Gasteiger partial charge is 0.231 e. The third-order valence-electron chi connectivity index (χ3n) is 3.36. The van der Waals surface area contributed by atoms with Gasteiger partial charge in [0.25, 0.3) is 0 Å². The molecule has 0 aromatic heterocycles. The van der Waals surface area contributed by atoms with Gasteiger partial charge in [-0.1, -0.05) is 13.0 Å². The summed E-state index contributed by atoms with van der Waals surface area (Å²) >= 11 is 0. The van der Waals surface area contributed by atoms with Crippen molar-refractivity contribution in [3.8, 4) is 11.5 Å². The highest BCUT2D eigenvalue weighted by Gasteiger charge is 2.12. The number of nitrogens with one attached hydrogen (secondary N) is 2. The van der Waals surface area contributed by atoms with Crippen LogP contribution < -0.4 is 20.1 Å². The highest BCUT2D eigenvalue weighted by Crippen LogP contribution is 2.32. The molecule has 1 atom stereocenters. The van der Waals surface area contributed by atoms with Crippen LogP contribution in [0, 0.1) is 5.92 Å².